The van der Waals surface area contributed by atoms with Gasteiger partial charge in [0.05, 0.1) is 19.3 Å². The zero-order chi connectivity index (χ0) is 14.4. The minimum absolute atomic E-state index is 0.0751. The van der Waals surface area contributed by atoms with E-state index >= 15 is 0 Å². The van der Waals surface area contributed by atoms with E-state index in [0.29, 0.717) is 16.5 Å². The van der Waals surface area contributed by atoms with Crippen LogP contribution in [0.2, 0.25) is 5.02 Å². The Balaban J connectivity index is 2.59. The second-order valence-corrected chi connectivity index (χ2v) is 4.26. The summed E-state index contributed by atoms with van der Waals surface area (Å²) in [6, 6.07) is 4.02. The van der Waals surface area contributed by atoms with Crippen molar-refractivity contribution in [3.8, 4) is 5.75 Å². The minimum Gasteiger partial charge on any atom is -0.495 e. The molecule has 0 saturated carbocycles. The van der Waals surface area contributed by atoms with Gasteiger partial charge in [0.15, 0.2) is 0 Å². The molecule has 1 aromatic rings. The second-order valence-electron chi connectivity index (χ2n) is 3.83. The molecule has 0 aliphatic heterocycles. The summed E-state index contributed by atoms with van der Waals surface area (Å²) in [5, 5.41) is 14.3. The summed E-state index contributed by atoms with van der Waals surface area (Å²) in [7, 11) is 1.50. The van der Waals surface area contributed by atoms with Gasteiger partial charge in [0.25, 0.3) is 0 Å². The highest BCUT2D eigenvalue weighted by molar-refractivity contribution is 6.30. The predicted molar refractivity (Wildman–Crippen MR) is 71.7 cm³/mol. The first-order valence-electron chi connectivity index (χ1n) is 5.53. The Hall–Kier alpha value is -1.95. The number of nitrogens with one attached hydrogen (secondary N) is 2. The van der Waals surface area contributed by atoms with E-state index in [9.17, 15) is 9.59 Å². The Bertz CT molecular complexity index is 479. The number of amides is 1. The molecule has 3 N–H and O–H groups in total. The van der Waals surface area contributed by atoms with E-state index < -0.39 is 17.9 Å². The summed E-state index contributed by atoms with van der Waals surface area (Å²) in [4.78, 5) is 22.1. The van der Waals surface area contributed by atoms with Crippen molar-refractivity contribution < 1.29 is 19.4 Å². The van der Waals surface area contributed by atoms with Crippen molar-refractivity contribution in [3.05, 3.63) is 23.2 Å². The lowest BCUT2D eigenvalue weighted by Gasteiger charge is -2.13. The molecule has 0 aliphatic rings. The van der Waals surface area contributed by atoms with E-state index in [4.69, 9.17) is 21.4 Å². The largest absolute Gasteiger partial charge is 0.495 e. The molecule has 1 amide bonds. The predicted octanol–water partition coefficient (Wildman–Crippen LogP) is 1.35. The maximum absolute atomic E-state index is 11.5. The number of hydrogen-bond acceptors (Lipinski definition) is 4. The number of benzene rings is 1. The van der Waals surface area contributed by atoms with Gasteiger partial charge in [-0.3, -0.25) is 9.59 Å². The highest BCUT2D eigenvalue weighted by Gasteiger charge is 2.14. The third kappa shape index (κ3) is 4.67. The van der Waals surface area contributed by atoms with Crippen molar-refractivity contribution in [2.45, 2.75) is 13.0 Å². The van der Waals surface area contributed by atoms with Crippen LogP contribution in [0.4, 0.5) is 5.69 Å². The Morgan fingerprint density at radius 3 is 2.74 bits per heavy atom. The van der Waals surface area contributed by atoms with Crippen LogP contribution >= 0.6 is 11.6 Å². The number of carbonyl (C=O) groups excluding carboxylic acids is 1. The molecule has 0 unspecified atom stereocenters. The van der Waals surface area contributed by atoms with Gasteiger partial charge in [-0.25, -0.2) is 0 Å². The summed E-state index contributed by atoms with van der Waals surface area (Å²) in [5.41, 5.74) is 0.563. The molecule has 0 radical (unpaired) electrons. The van der Waals surface area contributed by atoms with Gasteiger partial charge in [-0.05, 0) is 25.1 Å². The molecule has 1 atom stereocenters. The van der Waals surface area contributed by atoms with Gasteiger partial charge in [0.2, 0.25) is 5.91 Å². The third-order valence-corrected chi connectivity index (χ3v) is 2.58. The lowest BCUT2D eigenvalue weighted by molar-refractivity contribution is -0.141. The van der Waals surface area contributed by atoms with Crippen LogP contribution in [0.1, 0.15) is 6.92 Å². The van der Waals surface area contributed by atoms with Gasteiger partial charge in [-0.2, -0.15) is 0 Å². The summed E-state index contributed by atoms with van der Waals surface area (Å²) in [5.74, 6) is -0.978. The van der Waals surface area contributed by atoms with Gasteiger partial charge in [0, 0.05) is 5.02 Å². The number of hydrogen-bond donors (Lipinski definition) is 3. The van der Waals surface area contributed by atoms with Crippen molar-refractivity contribution in [1.29, 1.82) is 0 Å². The number of methoxy groups -OCH3 is 1. The quantitative estimate of drug-likeness (QED) is 0.735. The number of halogens is 1. The van der Waals surface area contributed by atoms with Crippen LogP contribution in [0, 0.1) is 0 Å². The zero-order valence-electron chi connectivity index (χ0n) is 10.6. The molecule has 6 nitrogen and oxygen atoms in total. The first kappa shape index (κ1) is 15.1. The third-order valence-electron chi connectivity index (χ3n) is 2.35. The fourth-order valence-corrected chi connectivity index (χ4v) is 1.52. The van der Waals surface area contributed by atoms with Crippen LogP contribution in [-0.2, 0) is 9.59 Å². The van der Waals surface area contributed by atoms with Crippen LogP contribution in [0.15, 0.2) is 18.2 Å². The first-order chi connectivity index (χ1) is 8.93. The lowest BCUT2D eigenvalue weighted by atomic mass is 10.3. The summed E-state index contributed by atoms with van der Waals surface area (Å²) < 4.78 is 5.10. The van der Waals surface area contributed by atoms with Crippen molar-refractivity contribution in [1.82, 2.24) is 5.32 Å². The zero-order valence-corrected chi connectivity index (χ0v) is 11.3. The van der Waals surface area contributed by atoms with E-state index in [-0.39, 0.29) is 6.54 Å². The monoisotopic (exact) mass is 286 g/mol. The van der Waals surface area contributed by atoms with E-state index in [1.807, 2.05) is 0 Å². The number of carbonyl (C=O) groups is 2. The molecule has 0 aliphatic carbocycles. The number of carboxylic acids is 1. The van der Waals surface area contributed by atoms with Crippen LogP contribution in [-0.4, -0.2) is 36.7 Å². The Kier molecular flexibility index (Phi) is 5.44. The summed E-state index contributed by atoms with van der Waals surface area (Å²) >= 11 is 5.84. The molecule has 0 saturated heterocycles. The molecule has 0 bridgehead atoms. The molecular weight excluding hydrogens is 272 g/mol. The molecule has 0 fully saturated rings. The van der Waals surface area contributed by atoms with Crippen molar-refractivity contribution >= 4 is 29.2 Å². The normalized spacial score (nSPS) is 11.5. The smallest absolute Gasteiger partial charge is 0.325 e. The number of aliphatic carboxylic acids is 1. The van der Waals surface area contributed by atoms with Gasteiger partial charge in [-0.1, -0.05) is 11.6 Å². The number of ether oxygens (including phenoxy) is 1. The molecular formula is C12H15ClN2O4. The second kappa shape index (κ2) is 6.84. The number of anilines is 1. The van der Waals surface area contributed by atoms with Crippen LogP contribution in [0.5, 0.6) is 5.75 Å². The molecule has 19 heavy (non-hydrogen) atoms. The maximum Gasteiger partial charge on any atom is 0.325 e. The molecule has 7 heteroatoms. The minimum atomic E-state index is -1.09. The number of carboxylic acid groups (broad SMARTS) is 1. The fourth-order valence-electron chi connectivity index (χ4n) is 1.35. The molecule has 1 rings (SSSR count). The van der Waals surface area contributed by atoms with Crippen LogP contribution in [0.3, 0.4) is 0 Å². The average molecular weight is 287 g/mol. The van der Waals surface area contributed by atoms with Gasteiger partial charge < -0.3 is 20.5 Å². The van der Waals surface area contributed by atoms with E-state index in [1.165, 1.54) is 14.0 Å². The molecule has 0 spiro atoms. The van der Waals surface area contributed by atoms with Crippen molar-refractivity contribution in [2.75, 3.05) is 19.0 Å². The Morgan fingerprint density at radius 2 is 2.16 bits per heavy atom. The molecule has 0 aromatic heterocycles. The molecule has 1 aromatic carbocycles. The van der Waals surface area contributed by atoms with Gasteiger partial charge in [-0.15, -0.1) is 0 Å². The molecule has 104 valence electrons. The van der Waals surface area contributed by atoms with E-state index in [0.717, 1.165) is 0 Å². The Morgan fingerprint density at radius 1 is 1.47 bits per heavy atom. The van der Waals surface area contributed by atoms with Gasteiger partial charge in [0.1, 0.15) is 11.8 Å². The van der Waals surface area contributed by atoms with Crippen LogP contribution in [0.25, 0.3) is 0 Å². The highest BCUT2D eigenvalue weighted by Crippen LogP contribution is 2.27. The molecule has 0 heterocycles. The van der Waals surface area contributed by atoms with Crippen LogP contribution < -0.4 is 15.4 Å². The number of rotatable bonds is 6. The summed E-state index contributed by atoms with van der Waals surface area (Å²) in [6.45, 7) is 1.31. The van der Waals surface area contributed by atoms with Crippen molar-refractivity contribution in [3.63, 3.8) is 0 Å². The van der Waals surface area contributed by atoms with E-state index in [2.05, 4.69) is 10.6 Å². The average Bonchev–Trinajstić information content (AvgIpc) is 2.36. The SMILES string of the molecule is COc1ccc(Cl)cc1NCC(=O)N[C@@H](C)C(=O)O. The topological polar surface area (TPSA) is 87.7 Å². The first-order valence-corrected chi connectivity index (χ1v) is 5.91. The fraction of sp³-hybridized carbons (Fsp3) is 0.333. The van der Waals surface area contributed by atoms with Crippen molar-refractivity contribution in [2.24, 2.45) is 0 Å². The van der Waals surface area contributed by atoms with E-state index in [1.54, 1.807) is 18.2 Å². The highest BCUT2D eigenvalue weighted by atomic mass is 35.5. The lowest BCUT2D eigenvalue weighted by Crippen LogP contribution is -2.41. The maximum atomic E-state index is 11.5. The summed E-state index contributed by atoms with van der Waals surface area (Å²) in [6.07, 6.45) is 0. The Labute approximate surface area is 115 Å². The standard InChI is InChI=1S/C12H15ClN2O4/c1-7(12(17)18)15-11(16)6-14-9-5-8(13)3-4-10(9)19-2/h3-5,7,14H,6H2,1-2H3,(H,15,16)(H,17,18)/t7-/m0/s1. The van der Waals surface area contributed by atoms with Gasteiger partial charge >= 0.3 is 5.97 Å².